The molecule has 0 unspecified atom stereocenters. The van der Waals surface area contributed by atoms with Crippen LogP contribution in [0.3, 0.4) is 0 Å². The number of aliphatic carboxylic acids is 1. The summed E-state index contributed by atoms with van der Waals surface area (Å²) in [4.78, 5) is 23.2. The SMILES string of the molecule is N/C(=C\N(N)O)C(=O)N[C@H](Cc1ccc(-c2cc(Cl)ccc2F)cc1)C[C@@H](O)C(=O)O. The van der Waals surface area contributed by atoms with Crippen molar-refractivity contribution >= 4 is 23.5 Å². The van der Waals surface area contributed by atoms with Crippen molar-refractivity contribution < 1.29 is 29.4 Å². The second-order valence-electron chi connectivity index (χ2n) is 6.75. The fourth-order valence-corrected chi connectivity index (χ4v) is 3.03. The number of rotatable bonds is 9. The van der Waals surface area contributed by atoms with Gasteiger partial charge >= 0.3 is 5.97 Å². The van der Waals surface area contributed by atoms with Crippen molar-refractivity contribution in [3.8, 4) is 11.1 Å². The molecule has 0 radical (unpaired) electrons. The number of aliphatic hydroxyl groups is 1. The number of hydrazine groups is 1. The number of carbonyl (C=O) groups excluding carboxylic acids is 1. The van der Waals surface area contributed by atoms with Gasteiger partial charge in [-0.1, -0.05) is 35.9 Å². The Morgan fingerprint density at radius 3 is 2.45 bits per heavy atom. The van der Waals surface area contributed by atoms with Crippen molar-refractivity contribution in [3.63, 3.8) is 0 Å². The number of halogens is 2. The molecule has 1 amide bonds. The van der Waals surface area contributed by atoms with E-state index in [0.717, 1.165) is 6.20 Å². The Morgan fingerprint density at radius 1 is 1.23 bits per heavy atom. The number of carbonyl (C=O) groups is 2. The number of benzene rings is 2. The molecule has 0 saturated heterocycles. The zero-order chi connectivity index (χ0) is 23.1. The Kier molecular flexibility index (Phi) is 8.34. The molecule has 11 heteroatoms. The highest BCUT2D eigenvalue weighted by atomic mass is 35.5. The number of nitrogens with zero attached hydrogens (tertiary/aromatic N) is 1. The van der Waals surface area contributed by atoms with E-state index >= 15 is 0 Å². The molecule has 2 atom stereocenters. The van der Waals surface area contributed by atoms with E-state index in [4.69, 9.17) is 33.5 Å². The molecular formula is C20H22ClFN4O5. The number of hydrogen-bond acceptors (Lipinski definition) is 7. The summed E-state index contributed by atoms with van der Waals surface area (Å²) >= 11 is 5.93. The highest BCUT2D eigenvalue weighted by Crippen LogP contribution is 2.26. The normalized spacial score (nSPS) is 13.4. The van der Waals surface area contributed by atoms with Gasteiger partial charge in [-0.05, 0) is 35.7 Å². The number of hydroxylamine groups is 1. The zero-order valence-corrected chi connectivity index (χ0v) is 17.0. The molecule has 0 bridgehead atoms. The van der Waals surface area contributed by atoms with E-state index in [2.05, 4.69) is 5.32 Å². The molecule has 2 rings (SSSR count). The first kappa shape index (κ1) is 24.1. The van der Waals surface area contributed by atoms with Crippen LogP contribution in [0.2, 0.25) is 5.02 Å². The van der Waals surface area contributed by atoms with Crippen molar-refractivity contribution in [2.45, 2.75) is 25.0 Å². The molecule has 9 nitrogen and oxygen atoms in total. The summed E-state index contributed by atoms with van der Waals surface area (Å²) in [6, 6.07) is 10.0. The van der Waals surface area contributed by atoms with Crippen molar-refractivity contribution in [2.24, 2.45) is 11.6 Å². The molecule has 8 N–H and O–H groups in total. The maximum Gasteiger partial charge on any atom is 0.332 e. The summed E-state index contributed by atoms with van der Waals surface area (Å²) in [6.45, 7) is 0. The molecule has 0 aromatic heterocycles. The van der Waals surface area contributed by atoms with Crippen LogP contribution in [-0.2, 0) is 16.0 Å². The van der Waals surface area contributed by atoms with Crippen LogP contribution in [0.25, 0.3) is 11.1 Å². The number of amides is 1. The van der Waals surface area contributed by atoms with Gasteiger partial charge in [0.1, 0.15) is 11.5 Å². The second kappa shape index (κ2) is 10.7. The number of aliphatic hydroxyl groups excluding tert-OH is 1. The van der Waals surface area contributed by atoms with Gasteiger partial charge in [0.05, 0.1) is 6.20 Å². The van der Waals surface area contributed by atoms with Gasteiger partial charge in [-0.25, -0.2) is 15.0 Å². The lowest BCUT2D eigenvalue weighted by Gasteiger charge is -2.21. The average Bonchev–Trinajstić information content (AvgIpc) is 2.69. The number of carboxylic acid groups (broad SMARTS) is 1. The van der Waals surface area contributed by atoms with E-state index in [1.165, 1.54) is 18.2 Å². The third-order valence-corrected chi connectivity index (χ3v) is 4.57. The first-order valence-electron chi connectivity index (χ1n) is 9.03. The lowest BCUT2D eigenvalue weighted by atomic mass is 9.97. The van der Waals surface area contributed by atoms with E-state index in [1.54, 1.807) is 24.3 Å². The maximum atomic E-state index is 14.1. The van der Waals surface area contributed by atoms with E-state index in [-0.39, 0.29) is 18.0 Å². The smallest absolute Gasteiger partial charge is 0.332 e. The first-order chi connectivity index (χ1) is 14.6. The number of nitrogens with two attached hydrogens (primary N) is 2. The second-order valence-corrected chi connectivity index (χ2v) is 7.19. The van der Waals surface area contributed by atoms with Crippen LogP contribution in [0.1, 0.15) is 12.0 Å². The average molecular weight is 453 g/mol. The van der Waals surface area contributed by atoms with E-state index < -0.39 is 35.5 Å². The predicted molar refractivity (Wildman–Crippen MR) is 111 cm³/mol. The summed E-state index contributed by atoms with van der Waals surface area (Å²) in [5, 5.41) is 30.6. The highest BCUT2D eigenvalue weighted by Gasteiger charge is 2.23. The summed E-state index contributed by atoms with van der Waals surface area (Å²) in [7, 11) is 0. The molecule has 2 aromatic carbocycles. The third kappa shape index (κ3) is 7.23. The molecule has 0 aliphatic heterocycles. The lowest BCUT2D eigenvalue weighted by Crippen LogP contribution is -2.42. The van der Waals surface area contributed by atoms with Crippen molar-refractivity contribution in [1.29, 1.82) is 0 Å². The minimum absolute atomic E-state index is 0.101. The molecule has 0 aliphatic rings. The van der Waals surface area contributed by atoms with Gasteiger partial charge in [-0.3, -0.25) is 10.0 Å². The van der Waals surface area contributed by atoms with Crippen molar-refractivity contribution in [2.75, 3.05) is 0 Å². The Morgan fingerprint density at radius 2 is 1.87 bits per heavy atom. The Balaban J connectivity index is 2.20. The minimum Gasteiger partial charge on any atom is -0.479 e. The van der Waals surface area contributed by atoms with Crippen LogP contribution in [0.15, 0.2) is 54.4 Å². The Bertz CT molecular complexity index is 969. The van der Waals surface area contributed by atoms with Crippen LogP contribution in [0.5, 0.6) is 0 Å². The molecule has 2 aromatic rings. The predicted octanol–water partition coefficient (Wildman–Crippen LogP) is 1.37. The quantitative estimate of drug-likeness (QED) is 0.189. The summed E-state index contributed by atoms with van der Waals surface area (Å²) in [5.74, 6) is 2.29. The van der Waals surface area contributed by atoms with E-state index in [1.807, 2.05) is 0 Å². The largest absolute Gasteiger partial charge is 0.479 e. The maximum absolute atomic E-state index is 14.1. The number of nitrogens with one attached hydrogen (secondary N) is 1. The summed E-state index contributed by atoms with van der Waals surface area (Å²) < 4.78 is 14.1. The van der Waals surface area contributed by atoms with Crippen LogP contribution < -0.4 is 16.9 Å². The highest BCUT2D eigenvalue weighted by molar-refractivity contribution is 6.30. The molecule has 166 valence electrons. The summed E-state index contributed by atoms with van der Waals surface area (Å²) in [5.41, 5.74) is 6.65. The molecular weight excluding hydrogens is 431 g/mol. The van der Waals surface area contributed by atoms with Gasteiger partial charge in [0.25, 0.3) is 5.91 Å². The van der Waals surface area contributed by atoms with E-state index in [0.29, 0.717) is 21.7 Å². The molecule has 0 spiro atoms. The van der Waals surface area contributed by atoms with E-state index in [9.17, 15) is 19.1 Å². The molecule has 0 fully saturated rings. The first-order valence-corrected chi connectivity index (χ1v) is 9.40. The molecule has 0 aliphatic carbocycles. The molecule has 0 heterocycles. The van der Waals surface area contributed by atoms with Crippen LogP contribution >= 0.6 is 11.6 Å². The van der Waals surface area contributed by atoms with Gasteiger partial charge < -0.3 is 21.3 Å². The molecule has 31 heavy (non-hydrogen) atoms. The van der Waals surface area contributed by atoms with Gasteiger partial charge in [-0.2, -0.15) is 5.17 Å². The van der Waals surface area contributed by atoms with Crippen LogP contribution in [-0.4, -0.2) is 44.6 Å². The fraction of sp³-hybridized carbons (Fsp3) is 0.200. The van der Waals surface area contributed by atoms with Crippen LogP contribution in [0, 0.1) is 5.82 Å². The van der Waals surface area contributed by atoms with Gasteiger partial charge in [0, 0.05) is 23.0 Å². The molecule has 0 saturated carbocycles. The number of carboxylic acids is 1. The minimum atomic E-state index is -1.72. The summed E-state index contributed by atoms with van der Waals surface area (Å²) in [6.07, 6.45) is -1.12. The third-order valence-electron chi connectivity index (χ3n) is 4.34. The van der Waals surface area contributed by atoms with Gasteiger partial charge in [0.15, 0.2) is 6.10 Å². The van der Waals surface area contributed by atoms with Crippen molar-refractivity contribution in [1.82, 2.24) is 10.5 Å². The fourth-order valence-electron chi connectivity index (χ4n) is 2.86. The van der Waals surface area contributed by atoms with Gasteiger partial charge in [0.2, 0.25) is 0 Å². The number of hydrogen-bond donors (Lipinski definition) is 6. The van der Waals surface area contributed by atoms with Crippen molar-refractivity contribution in [3.05, 3.63) is 70.8 Å². The standard InChI is InChI=1S/C20H22ClFN4O5/c21-13-5-6-16(22)15(8-13)12-3-1-11(2-4-12)7-14(9-18(27)20(29)30)25-19(28)17(23)10-26(24)31/h1-6,8,10,14,18,27,31H,7,9,23-24H2,(H,25,28)(H,29,30)/b17-10-/t14-,18-/m1/s1. The van der Waals surface area contributed by atoms with Crippen LogP contribution in [0.4, 0.5) is 4.39 Å². The lowest BCUT2D eigenvalue weighted by molar-refractivity contribution is -0.147. The zero-order valence-electron chi connectivity index (χ0n) is 16.2. The van der Waals surface area contributed by atoms with Gasteiger partial charge in [-0.15, -0.1) is 0 Å². The topological polar surface area (TPSA) is 162 Å². The monoisotopic (exact) mass is 452 g/mol. The Hall–Kier alpha value is -3.18. The Labute approximate surface area is 182 Å².